The fourth-order valence-electron chi connectivity index (χ4n) is 4.30. The molecule has 5 nitrogen and oxygen atoms in total. The van der Waals surface area contributed by atoms with Gasteiger partial charge >= 0.3 is 6.18 Å². The van der Waals surface area contributed by atoms with Crippen LogP contribution in [0.25, 0.3) is 0 Å². The molecule has 1 saturated carbocycles. The molecule has 0 aromatic carbocycles. The minimum atomic E-state index is -4.68. The minimum absolute atomic E-state index is 0.0584. The van der Waals surface area contributed by atoms with Crippen molar-refractivity contribution >= 4 is 0 Å². The van der Waals surface area contributed by atoms with Crippen LogP contribution in [0.15, 0.2) is 42.8 Å². The van der Waals surface area contributed by atoms with Gasteiger partial charge in [-0.3, -0.25) is 4.98 Å². The second kappa shape index (κ2) is 10.1. The molecule has 0 bridgehead atoms. The number of methoxy groups -OCH3 is 1. The third kappa shape index (κ3) is 6.13. The first-order valence-corrected chi connectivity index (χ1v) is 11.2. The Morgan fingerprint density at radius 3 is 2.43 bits per heavy atom. The van der Waals surface area contributed by atoms with Gasteiger partial charge in [-0.2, -0.15) is 13.2 Å². The lowest BCUT2D eigenvalue weighted by atomic mass is 9.86. The number of alkyl halides is 5. The summed E-state index contributed by atoms with van der Waals surface area (Å²) in [6, 6.07) is 0.394. The standard InChI is InChI=1S/C24H25F6N3O2/c1-34-21-5-3-16(35-13-20-18(25)10-15(11-31-20)24(28,29)30)2-4-17(21)19-12-32-22(33-19)14-6-8-23(26,27)9-7-14/h2-5,10-12,14,16-17,21H,6-9,13H2,1H3,(H,32,33). The number of H-pyrrole nitrogens is 1. The number of aromatic amines is 1. The van der Waals surface area contributed by atoms with Gasteiger partial charge in [0.05, 0.1) is 24.4 Å². The molecule has 2 aromatic heterocycles. The van der Waals surface area contributed by atoms with E-state index < -0.39 is 29.6 Å². The Morgan fingerprint density at radius 1 is 1.06 bits per heavy atom. The van der Waals surface area contributed by atoms with Gasteiger partial charge in [0.25, 0.3) is 0 Å². The van der Waals surface area contributed by atoms with E-state index in [-0.39, 0.29) is 43.1 Å². The summed E-state index contributed by atoms with van der Waals surface area (Å²) in [5.74, 6) is -3.37. The van der Waals surface area contributed by atoms with Gasteiger partial charge in [0.1, 0.15) is 17.3 Å². The quantitative estimate of drug-likeness (QED) is 0.386. The predicted octanol–water partition coefficient (Wildman–Crippen LogP) is 6.07. The molecule has 0 spiro atoms. The molecule has 4 rings (SSSR count). The molecule has 0 amide bonds. The lowest BCUT2D eigenvalue weighted by Gasteiger charge is -2.27. The van der Waals surface area contributed by atoms with Crippen LogP contribution in [0.4, 0.5) is 26.3 Å². The zero-order valence-corrected chi connectivity index (χ0v) is 18.9. The summed E-state index contributed by atoms with van der Waals surface area (Å²) in [5, 5.41) is 0. The molecule has 190 valence electrons. The number of pyridine rings is 1. The van der Waals surface area contributed by atoms with Crippen LogP contribution in [0.5, 0.6) is 0 Å². The SMILES string of the molecule is COC1C=CC(OCc2ncc(C(F)(F)F)cc2F)C=CC1c1cnc(C2CCC(F)(F)CC2)[nH]1. The lowest BCUT2D eigenvalue weighted by molar-refractivity contribution is -0.138. The Bertz CT molecular complexity index is 1070. The van der Waals surface area contributed by atoms with Crippen molar-refractivity contribution in [3.8, 4) is 0 Å². The summed E-state index contributed by atoms with van der Waals surface area (Å²) < 4.78 is 90.3. The number of nitrogens with one attached hydrogen (secondary N) is 1. The molecule has 11 heteroatoms. The molecule has 2 aliphatic rings. The molecule has 1 fully saturated rings. The highest BCUT2D eigenvalue weighted by atomic mass is 19.4. The second-order valence-electron chi connectivity index (χ2n) is 8.78. The lowest BCUT2D eigenvalue weighted by Crippen LogP contribution is -2.24. The topological polar surface area (TPSA) is 60.0 Å². The molecule has 0 aliphatic heterocycles. The molecule has 2 aliphatic carbocycles. The second-order valence-corrected chi connectivity index (χ2v) is 8.78. The van der Waals surface area contributed by atoms with E-state index in [1.54, 1.807) is 31.5 Å². The van der Waals surface area contributed by atoms with Gasteiger partial charge in [-0.25, -0.2) is 18.2 Å². The van der Waals surface area contributed by atoms with Crippen LogP contribution in [0.3, 0.4) is 0 Å². The average Bonchev–Trinajstić information content (AvgIpc) is 3.19. The summed E-state index contributed by atoms with van der Waals surface area (Å²) >= 11 is 0. The first-order valence-electron chi connectivity index (χ1n) is 11.2. The predicted molar refractivity (Wildman–Crippen MR) is 114 cm³/mol. The van der Waals surface area contributed by atoms with Gasteiger partial charge in [-0.05, 0) is 18.9 Å². The summed E-state index contributed by atoms with van der Waals surface area (Å²) in [6.07, 6.45) is 4.01. The van der Waals surface area contributed by atoms with Crippen molar-refractivity contribution in [1.29, 1.82) is 0 Å². The molecular formula is C24H25F6N3O2. The minimum Gasteiger partial charge on any atom is -0.376 e. The van der Waals surface area contributed by atoms with Crippen LogP contribution < -0.4 is 0 Å². The molecule has 1 N–H and O–H groups in total. The highest BCUT2D eigenvalue weighted by Gasteiger charge is 2.36. The van der Waals surface area contributed by atoms with Gasteiger partial charge in [0.2, 0.25) is 5.92 Å². The Balaban J connectivity index is 1.42. The summed E-state index contributed by atoms with van der Waals surface area (Å²) in [7, 11) is 1.54. The van der Waals surface area contributed by atoms with Gasteiger partial charge in [0.15, 0.2) is 0 Å². The fraction of sp³-hybridized carbons (Fsp3) is 0.500. The molecule has 35 heavy (non-hydrogen) atoms. The summed E-state index contributed by atoms with van der Waals surface area (Å²) in [5.41, 5.74) is -0.652. The molecule has 2 aromatic rings. The highest BCUT2D eigenvalue weighted by molar-refractivity contribution is 5.26. The highest BCUT2D eigenvalue weighted by Crippen LogP contribution is 2.40. The summed E-state index contributed by atoms with van der Waals surface area (Å²) in [6.45, 7) is -0.327. The number of halogens is 6. The first-order chi connectivity index (χ1) is 16.6. The van der Waals surface area contributed by atoms with E-state index in [0.29, 0.717) is 30.9 Å². The normalized spacial score (nSPS) is 25.1. The molecule has 0 saturated heterocycles. The molecular weight excluding hydrogens is 476 g/mol. The van der Waals surface area contributed by atoms with E-state index in [2.05, 4.69) is 15.0 Å². The van der Waals surface area contributed by atoms with Crippen LogP contribution in [0, 0.1) is 5.82 Å². The van der Waals surface area contributed by atoms with E-state index in [1.807, 2.05) is 6.08 Å². The van der Waals surface area contributed by atoms with Crippen LogP contribution in [-0.2, 0) is 22.3 Å². The number of hydrogen-bond donors (Lipinski definition) is 1. The molecule has 2 heterocycles. The number of nitrogens with zero attached hydrogens (tertiary/aromatic N) is 2. The van der Waals surface area contributed by atoms with Crippen molar-refractivity contribution in [1.82, 2.24) is 15.0 Å². The van der Waals surface area contributed by atoms with Crippen molar-refractivity contribution in [2.75, 3.05) is 7.11 Å². The maximum Gasteiger partial charge on any atom is 0.417 e. The van der Waals surface area contributed by atoms with E-state index in [9.17, 15) is 26.3 Å². The van der Waals surface area contributed by atoms with Crippen molar-refractivity contribution < 1.29 is 35.8 Å². The first kappa shape index (κ1) is 25.4. The van der Waals surface area contributed by atoms with Crippen molar-refractivity contribution in [3.63, 3.8) is 0 Å². The maximum absolute atomic E-state index is 14.1. The van der Waals surface area contributed by atoms with E-state index in [0.717, 1.165) is 5.69 Å². The van der Waals surface area contributed by atoms with Crippen molar-refractivity contribution in [2.45, 2.75) is 68.4 Å². The Morgan fingerprint density at radius 2 is 1.77 bits per heavy atom. The Labute approximate surface area is 198 Å². The average molecular weight is 501 g/mol. The Hall–Kier alpha value is -2.66. The maximum atomic E-state index is 14.1. The van der Waals surface area contributed by atoms with Crippen LogP contribution in [-0.4, -0.2) is 40.2 Å². The molecule has 3 atom stereocenters. The van der Waals surface area contributed by atoms with Gasteiger partial charge < -0.3 is 14.5 Å². The van der Waals surface area contributed by atoms with E-state index in [4.69, 9.17) is 9.47 Å². The number of aromatic nitrogens is 3. The smallest absolute Gasteiger partial charge is 0.376 e. The third-order valence-electron chi connectivity index (χ3n) is 6.36. The monoisotopic (exact) mass is 501 g/mol. The Kier molecular flexibility index (Phi) is 7.37. The number of imidazole rings is 1. The van der Waals surface area contributed by atoms with Crippen molar-refractivity contribution in [3.05, 3.63) is 71.4 Å². The van der Waals surface area contributed by atoms with Crippen LogP contribution >= 0.6 is 0 Å². The largest absolute Gasteiger partial charge is 0.417 e. The van der Waals surface area contributed by atoms with Gasteiger partial charge in [-0.15, -0.1) is 0 Å². The van der Waals surface area contributed by atoms with E-state index in [1.165, 1.54) is 0 Å². The molecule has 0 radical (unpaired) electrons. The zero-order chi connectivity index (χ0) is 25.2. The van der Waals surface area contributed by atoms with Crippen LogP contribution in [0.1, 0.15) is 60.3 Å². The molecule has 3 unspecified atom stereocenters. The number of ether oxygens (including phenoxy) is 2. The van der Waals surface area contributed by atoms with Gasteiger partial charge in [0, 0.05) is 49.9 Å². The number of rotatable bonds is 6. The zero-order valence-electron chi connectivity index (χ0n) is 18.9. The fourth-order valence-corrected chi connectivity index (χ4v) is 4.30. The number of hydrogen-bond acceptors (Lipinski definition) is 4. The van der Waals surface area contributed by atoms with Crippen molar-refractivity contribution in [2.24, 2.45) is 0 Å². The third-order valence-corrected chi connectivity index (χ3v) is 6.36. The van der Waals surface area contributed by atoms with Crippen LogP contribution in [0.2, 0.25) is 0 Å². The van der Waals surface area contributed by atoms with E-state index >= 15 is 0 Å². The summed E-state index contributed by atoms with van der Waals surface area (Å²) in [4.78, 5) is 11.2. The van der Waals surface area contributed by atoms with Gasteiger partial charge in [-0.1, -0.05) is 24.3 Å².